The van der Waals surface area contributed by atoms with Gasteiger partial charge in [-0.1, -0.05) is 22.9 Å². The van der Waals surface area contributed by atoms with E-state index in [0.717, 1.165) is 6.92 Å². The standard InChI is InChI=1S/C10H10BrClO5S/c1-3-7-8(11)4-5-9(17-16-6(2)13)10(7)18(12,14)15/h4-5H,3H2,1-2H3. The fourth-order valence-electron chi connectivity index (χ4n) is 1.35. The highest BCUT2D eigenvalue weighted by Gasteiger charge is 2.24. The van der Waals surface area contributed by atoms with E-state index in [2.05, 4.69) is 25.7 Å². The molecule has 0 saturated carbocycles. The Morgan fingerprint density at radius 2 is 2.06 bits per heavy atom. The third kappa shape index (κ3) is 3.60. The molecule has 0 atom stereocenters. The van der Waals surface area contributed by atoms with Crippen molar-refractivity contribution in [3.8, 4) is 5.75 Å². The van der Waals surface area contributed by atoms with Crippen LogP contribution in [0.25, 0.3) is 0 Å². The molecule has 1 aromatic carbocycles. The average molecular weight is 358 g/mol. The zero-order chi connectivity index (χ0) is 13.9. The first-order valence-corrected chi connectivity index (χ1v) is 7.98. The maximum absolute atomic E-state index is 11.6. The second kappa shape index (κ2) is 5.90. The van der Waals surface area contributed by atoms with Crippen LogP contribution < -0.4 is 4.89 Å². The van der Waals surface area contributed by atoms with Crippen LogP contribution in [-0.2, 0) is 25.2 Å². The van der Waals surface area contributed by atoms with Gasteiger partial charge in [0.25, 0.3) is 9.05 Å². The van der Waals surface area contributed by atoms with Crippen molar-refractivity contribution in [1.82, 2.24) is 0 Å². The molecule has 0 amide bonds. The highest BCUT2D eigenvalue weighted by molar-refractivity contribution is 9.10. The van der Waals surface area contributed by atoms with Crippen LogP contribution in [0.3, 0.4) is 0 Å². The van der Waals surface area contributed by atoms with Gasteiger partial charge in [-0.25, -0.2) is 13.2 Å². The molecule has 5 nitrogen and oxygen atoms in total. The van der Waals surface area contributed by atoms with Gasteiger partial charge in [-0.05, 0) is 24.1 Å². The Morgan fingerprint density at radius 1 is 1.44 bits per heavy atom. The molecule has 0 unspecified atom stereocenters. The summed E-state index contributed by atoms with van der Waals surface area (Å²) in [6.07, 6.45) is 0.416. The van der Waals surface area contributed by atoms with Crippen LogP contribution in [0.15, 0.2) is 21.5 Å². The number of carbonyl (C=O) groups is 1. The van der Waals surface area contributed by atoms with Gasteiger partial charge in [-0.2, -0.15) is 0 Å². The lowest BCUT2D eigenvalue weighted by molar-refractivity contribution is -0.211. The first-order chi connectivity index (χ1) is 8.27. The van der Waals surface area contributed by atoms with Crippen LogP contribution in [0, 0.1) is 0 Å². The van der Waals surface area contributed by atoms with E-state index in [-0.39, 0.29) is 10.6 Å². The Labute approximate surface area is 118 Å². The van der Waals surface area contributed by atoms with E-state index in [0.29, 0.717) is 16.5 Å². The molecular weight excluding hydrogens is 348 g/mol. The summed E-state index contributed by atoms with van der Waals surface area (Å²) in [5.41, 5.74) is 0.453. The SMILES string of the molecule is CCc1c(Br)ccc(OOC(C)=O)c1S(=O)(=O)Cl. The minimum atomic E-state index is -4.02. The fourth-order valence-corrected chi connectivity index (χ4v) is 3.49. The minimum Gasteiger partial charge on any atom is -0.286 e. The third-order valence-electron chi connectivity index (χ3n) is 2.01. The molecule has 0 heterocycles. The molecule has 0 bridgehead atoms. The maximum Gasteiger partial charge on any atom is 0.352 e. The topological polar surface area (TPSA) is 69.7 Å². The molecule has 8 heteroatoms. The first-order valence-electron chi connectivity index (χ1n) is 4.88. The van der Waals surface area contributed by atoms with Crippen molar-refractivity contribution in [2.45, 2.75) is 25.2 Å². The molecule has 0 aliphatic heterocycles. The van der Waals surface area contributed by atoms with Crippen LogP contribution in [0.5, 0.6) is 5.75 Å². The van der Waals surface area contributed by atoms with Gasteiger partial charge in [-0.3, -0.25) is 9.78 Å². The molecule has 0 aromatic heterocycles. The van der Waals surface area contributed by atoms with E-state index in [1.807, 2.05) is 0 Å². The van der Waals surface area contributed by atoms with Gasteiger partial charge in [0.15, 0.2) is 5.75 Å². The summed E-state index contributed by atoms with van der Waals surface area (Å²) in [4.78, 5) is 19.5. The Bertz CT molecular complexity index is 570. The van der Waals surface area contributed by atoms with Crippen LogP contribution in [-0.4, -0.2) is 14.4 Å². The van der Waals surface area contributed by atoms with Gasteiger partial charge in [0.1, 0.15) is 4.90 Å². The van der Waals surface area contributed by atoms with E-state index in [1.54, 1.807) is 13.0 Å². The summed E-state index contributed by atoms with van der Waals surface area (Å²) >= 11 is 3.23. The van der Waals surface area contributed by atoms with Gasteiger partial charge in [0.05, 0.1) is 0 Å². The highest BCUT2D eigenvalue weighted by atomic mass is 79.9. The third-order valence-corrected chi connectivity index (χ3v) is 4.15. The first kappa shape index (κ1) is 15.3. The van der Waals surface area contributed by atoms with Crippen molar-refractivity contribution < 1.29 is 23.0 Å². The molecule has 0 aliphatic rings. The normalized spacial score (nSPS) is 11.1. The number of benzene rings is 1. The fraction of sp³-hybridized carbons (Fsp3) is 0.300. The zero-order valence-electron chi connectivity index (χ0n) is 9.57. The Kier molecular flexibility index (Phi) is 5.01. The molecule has 1 rings (SSSR count). The number of carbonyl (C=O) groups excluding carboxylic acids is 1. The summed E-state index contributed by atoms with van der Waals surface area (Å²) < 4.78 is 23.7. The smallest absolute Gasteiger partial charge is 0.286 e. The van der Waals surface area contributed by atoms with Crippen LogP contribution in [0.4, 0.5) is 0 Å². The largest absolute Gasteiger partial charge is 0.352 e. The molecule has 0 radical (unpaired) electrons. The van der Waals surface area contributed by atoms with E-state index in [9.17, 15) is 13.2 Å². The van der Waals surface area contributed by atoms with E-state index in [1.165, 1.54) is 6.07 Å². The zero-order valence-corrected chi connectivity index (χ0v) is 12.7. The second-order valence-electron chi connectivity index (χ2n) is 3.30. The lowest BCUT2D eigenvalue weighted by Crippen LogP contribution is -2.08. The number of halogens is 2. The number of hydrogen-bond donors (Lipinski definition) is 0. The summed E-state index contributed by atoms with van der Waals surface area (Å²) in [7, 11) is 1.35. The van der Waals surface area contributed by atoms with Crippen molar-refractivity contribution in [3.05, 3.63) is 22.2 Å². The van der Waals surface area contributed by atoms with Crippen molar-refractivity contribution in [2.24, 2.45) is 0 Å². The van der Waals surface area contributed by atoms with Crippen LogP contribution >= 0.6 is 26.6 Å². The molecule has 18 heavy (non-hydrogen) atoms. The highest BCUT2D eigenvalue weighted by Crippen LogP contribution is 2.35. The monoisotopic (exact) mass is 356 g/mol. The van der Waals surface area contributed by atoms with Crippen molar-refractivity contribution in [3.63, 3.8) is 0 Å². The van der Waals surface area contributed by atoms with Gasteiger partial charge < -0.3 is 0 Å². The minimum absolute atomic E-state index is 0.125. The summed E-state index contributed by atoms with van der Waals surface area (Å²) in [6, 6.07) is 2.94. The average Bonchev–Trinajstić information content (AvgIpc) is 2.25. The Hall–Kier alpha value is -0.790. The molecule has 0 spiro atoms. The van der Waals surface area contributed by atoms with Crippen LogP contribution in [0.1, 0.15) is 19.4 Å². The molecule has 0 fully saturated rings. The van der Waals surface area contributed by atoms with Gasteiger partial charge >= 0.3 is 5.97 Å². The van der Waals surface area contributed by atoms with Crippen molar-refractivity contribution in [2.75, 3.05) is 0 Å². The van der Waals surface area contributed by atoms with E-state index >= 15 is 0 Å². The van der Waals surface area contributed by atoms with Crippen molar-refractivity contribution in [1.29, 1.82) is 0 Å². The van der Waals surface area contributed by atoms with Crippen molar-refractivity contribution >= 4 is 41.6 Å². The molecule has 0 aliphatic carbocycles. The number of rotatable bonds is 4. The lowest BCUT2D eigenvalue weighted by atomic mass is 10.1. The quantitative estimate of drug-likeness (QED) is 0.471. The molecule has 1 aromatic rings. The second-order valence-corrected chi connectivity index (χ2v) is 6.66. The molecular formula is C10H10BrClO5S. The van der Waals surface area contributed by atoms with Gasteiger partial charge in [0, 0.05) is 22.1 Å². The van der Waals surface area contributed by atoms with Crippen LogP contribution in [0.2, 0.25) is 0 Å². The Balaban J connectivity index is 3.39. The van der Waals surface area contributed by atoms with Gasteiger partial charge in [0.2, 0.25) is 0 Å². The lowest BCUT2D eigenvalue weighted by Gasteiger charge is -2.11. The van der Waals surface area contributed by atoms with E-state index in [4.69, 9.17) is 10.7 Å². The maximum atomic E-state index is 11.6. The summed E-state index contributed by atoms with van der Waals surface area (Å²) in [5, 5.41) is 0. The molecule has 0 N–H and O–H groups in total. The Morgan fingerprint density at radius 3 is 2.50 bits per heavy atom. The summed E-state index contributed by atoms with van der Waals surface area (Å²) in [5.74, 6) is -0.825. The predicted molar refractivity (Wildman–Crippen MR) is 69.0 cm³/mol. The summed E-state index contributed by atoms with van der Waals surface area (Å²) in [6.45, 7) is 2.90. The molecule has 0 saturated heterocycles. The van der Waals surface area contributed by atoms with E-state index < -0.39 is 15.0 Å². The molecule has 100 valence electrons. The predicted octanol–water partition coefficient (Wildman–Crippen LogP) is 2.80. The number of hydrogen-bond acceptors (Lipinski definition) is 5. The van der Waals surface area contributed by atoms with Gasteiger partial charge in [-0.15, -0.1) is 0 Å².